The van der Waals surface area contributed by atoms with Crippen LogP contribution in [0, 0.1) is 0 Å². The number of anilines is 3. The second-order valence-corrected chi connectivity index (χ2v) is 9.38. The van der Waals surface area contributed by atoms with E-state index < -0.39 is 0 Å². The highest BCUT2D eigenvalue weighted by atomic mass is 16.5. The van der Waals surface area contributed by atoms with E-state index in [4.69, 9.17) is 14.2 Å². The monoisotopic (exact) mass is 546 g/mol. The van der Waals surface area contributed by atoms with E-state index in [1.165, 1.54) is 7.11 Å². The molecule has 0 aromatic heterocycles. The van der Waals surface area contributed by atoms with Gasteiger partial charge in [-0.05, 0) is 56.3 Å². The molecule has 1 aliphatic heterocycles. The van der Waals surface area contributed by atoms with Crippen LogP contribution in [-0.4, -0.2) is 77.3 Å². The number of nitrogens with zero attached hydrogens (tertiary/aromatic N) is 3. The zero-order valence-corrected chi connectivity index (χ0v) is 23.9. The third-order valence-electron chi connectivity index (χ3n) is 7.24. The molecule has 9 heteroatoms. The number of nitrogens with one attached hydrogen (secondary N) is 1. The normalized spacial score (nSPS) is 13.0. The summed E-state index contributed by atoms with van der Waals surface area (Å²) in [5.41, 5.74) is 3.40. The minimum atomic E-state index is -0.334. The number of carbonyl (C=O) groups is 2. The molecule has 212 valence electrons. The number of benzene rings is 3. The number of ether oxygens (including phenoxy) is 3. The van der Waals surface area contributed by atoms with Crippen molar-refractivity contribution < 1.29 is 23.8 Å². The third kappa shape index (κ3) is 6.09. The van der Waals surface area contributed by atoms with Crippen LogP contribution in [0.15, 0.2) is 60.7 Å². The first-order chi connectivity index (χ1) is 19.4. The second-order valence-electron chi connectivity index (χ2n) is 9.38. The van der Waals surface area contributed by atoms with Gasteiger partial charge in [0.1, 0.15) is 17.2 Å². The number of hydrogen-bond acceptors (Lipinski definition) is 7. The number of methoxy groups -OCH3 is 3. The summed E-state index contributed by atoms with van der Waals surface area (Å²) in [6.07, 6.45) is 0. The van der Waals surface area contributed by atoms with Crippen LogP contribution in [0.25, 0.3) is 0 Å². The average molecular weight is 547 g/mol. The molecule has 9 nitrogen and oxygen atoms in total. The van der Waals surface area contributed by atoms with Crippen LogP contribution in [0.5, 0.6) is 17.2 Å². The zero-order chi connectivity index (χ0) is 28.6. The maximum atomic E-state index is 13.6. The van der Waals surface area contributed by atoms with Gasteiger partial charge in [0.2, 0.25) is 0 Å². The topological polar surface area (TPSA) is 83.6 Å². The maximum Gasteiger partial charge on any atom is 0.259 e. The molecule has 4 rings (SSSR count). The maximum absolute atomic E-state index is 13.6. The summed E-state index contributed by atoms with van der Waals surface area (Å²) in [6, 6.07) is 18.6. The van der Waals surface area contributed by atoms with E-state index in [-0.39, 0.29) is 11.8 Å². The highest BCUT2D eigenvalue weighted by molar-refractivity contribution is 6.08. The SMILES string of the molecule is CCN(CC)C(=O)c1cc(NC(=O)c2ccc(OC)cc2OC)ccc1N1CCN(c2ccccc2OC)CC1. The van der Waals surface area contributed by atoms with Gasteiger partial charge in [-0.15, -0.1) is 0 Å². The molecule has 3 aromatic carbocycles. The first kappa shape index (κ1) is 28.6. The van der Waals surface area contributed by atoms with E-state index in [0.29, 0.717) is 41.4 Å². The van der Waals surface area contributed by atoms with Crippen molar-refractivity contribution in [3.8, 4) is 17.2 Å². The van der Waals surface area contributed by atoms with Gasteiger partial charge in [0.25, 0.3) is 11.8 Å². The molecular weight excluding hydrogens is 508 g/mol. The van der Waals surface area contributed by atoms with Gasteiger partial charge < -0.3 is 34.2 Å². The van der Waals surface area contributed by atoms with Crippen LogP contribution in [-0.2, 0) is 0 Å². The van der Waals surface area contributed by atoms with Gasteiger partial charge in [0.15, 0.2) is 0 Å². The first-order valence-electron chi connectivity index (χ1n) is 13.5. The van der Waals surface area contributed by atoms with Crippen molar-refractivity contribution in [2.75, 3.05) is 75.7 Å². The lowest BCUT2D eigenvalue weighted by Crippen LogP contribution is -2.47. The van der Waals surface area contributed by atoms with E-state index >= 15 is 0 Å². The van der Waals surface area contributed by atoms with Gasteiger partial charge in [-0.3, -0.25) is 9.59 Å². The number of rotatable bonds is 10. The van der Waals surface area contributed by atoms with Crippen LogP contribution in [0.2, 0.25) is 0 Å². The Morgan fingerprint density at radius 2 is 1.40 bits per heavy atom. The summed E-state index contributed by atoms with van der Waals surface area (Å²) in [6.45, 7) is 8.18. The minimum Gasteiger partial charge on any atom is -0.497 e. The van der Waals surface area contributed by atoms with Crippen molar-refractivity contribution in [3.05, 3.63) is 71.8 Å². The van der Waals surface area contributed by atoms with Crippen LogP contribution in [0.1, 0.15) is 34.6 Å². The largest absolute Gasteiger partial charge is 0.497 e. The Morgan fingerprint density at radius 3 is 2.02 bits per heavy atom. The quantitative estimate of drug-likeness (QED) is 0.392. The number of hydrogen-bond donors (Lipinski definition) is 1. The fourth-order valence-electron chi connectivity index (χ4n) is 5.01. The average Bonchev–Trinajstić information content (AvgIpc) is 3.01. The van der Waals surface area contributed by atoms with Gasteiger partial charge in [-0.1, -0.05) is 12.1 Å². The first-order valence-corrected chi connectivity index (χ1v) is 13.5. The Kier molecular flexibility index (Phi) is 9.37. The Morgan fingerprint density at radius 1 is 0.750 bits per heavy atom. The fraction of sp³-hybridized carbons (Fsp3) is 0.355. The molecule has 1 aliphatic rings. The Balaban J connectivity index is 1.59. The molecule has 3 aromatic rings. The Hall–Kier alpha value is -4.40. The molecule has 0 bridgehead atoms. The van der Waals surface area contributed by atoms with Crippen molar-refractivity contribution in [1.82, 2.24) is 4.90 Å². The van der Waals surface area contributed by atoms with E-state index in [1.54, 1.807) is 43.4 Å². The van der Waals surface area contributed by atoms with Crippen LogP contribution >= 0.6 is 0 Å². The number of amides is 2. The molecule has 1 heterocycles. The molecule has 0 atom stereocenters. The molecule has 1 saturated heterocycles. The highest BCUT2D eigenvalue weighted by Gasteiger charge is 2.25. The third-order valence-corrected chi connectivity index (χ3v) is 7.24. The number of para-hydroxylation sites is 2. The fourth-order valence-corrected chi connectivity index (χ4v) is 5.01. The van der Waals surface area contributed by atoms with Gasteiger partial charge in [-0.25, -0.2) is 0 Å². The number of carbonyl (C=O) groups excluding carboxylic acids is 2. The standard InChI is InChI=1S/C31H38N4O5/c1-6-33(7-2)31(37)25-20-22(32-30(36)24-14-13-23(38-3)21-29(24)40-5)12-15-26(25)34-16-18-35(19-17-34)27-10-8-9-11-28(27)39-4/h8-15,20-21H,6-7,16-19H2,1-5H3,(H,32,36). The smallest absolute Gasteiger partial charge is 0.259 e. The van der Waals surface area contributed by atoms with Gasteiger partial charge in [0, 0.05) is 56.7 Å². The summed E-state index contributed by atoms with van der Waals surface area (Å²) < 4.78 is 16.2. The van der Waals surface area contributed by atoms with Gasteiger partial charge in [0.05, 0.1) is 38.1 Å². The zero-order valence-electron chi connectivity index (χ0n) is 23.9. The lowest BCUT2D eigenvalue weighted by molar-refractivity contribution is 0.0773. The summed E-state index contributed by atoms with van der Waals surface area (Å²) in [5, 5.41) is 2.94. The van der Waals surface area contributed by atoms with Crippen molar-refractivity contribution in [2.45, 2.75) is 13.8 Å². The minimum absolute atomic E-state index is 0.0646. The molecule has 0 spiro atoms. The molecular formula is C31H38N4O5. The predicted octanol–water partition coefficient (Wildman–Crippen LogP) is 4.77. The van der Waals surface area contributed by atoms with E-state index in [1.807, 2.05) is 44.2 Å². The molecule has 40 heavy (non-hydrogen) atoms. The lowest BCUT2D eigenvalue weighted by atomic mass is 10.1. The van der Waals surface area contributed by atoms with Crippen molar-refractivity contribution in [3.63, 3.8) is 0 Å². The summed E-state index contributed by atoms with van der Waals surface area (Å²) in [5.74, 6) is 1.45. The van der Waals surface area contributed by atoms with Crippen LogP contribution in [0.4, 0.5) is 17.1 Å². The molecule has 0 saturated carbocycles. The van der Waals surface area contributed by atoms with Crippen LogP contribution in [0.3, 0.4) is 0 Å². The molecule has 0 unspecified atom stereocenters. The second kappa shape index (κ2) is 13.1. The highest BCUT2D eigenvalue weighted by Crippen LogP contribution is 2.32. The molecule has 1 fully saturated rings. The van der Waals surface area contributed by atoms with Gasteiger partial charge in [-0.2, -0.15) is 0 Å². The van der Waals surface area contributed by atoms with Crippen molar-refractivity contribution in [2.24, 2.45) is 0 Å². The van der Waals surface area contributed by atoms with E-state index in [2.05, 4.69) is 21.2 Å². The Bertz CT molecular complexity index is 1330. The lowest BCUT2D eigenvalue weighted by Gasteiger charge is -2.38. The number of piperazine rings is 1. The Labute approximate surface area is 236 Å². The van der Waals surface area contributed by atoms with Crippen molar-refractivity contribution >= 4 is 28.9 Å². The molecule has 0 aliphatic carbocycles. The molecule has 0 radical (unpaired) electrons. The van der Waals surface area contributed by atoms with Crippen LogP contribution < -0.4 is 29.3 Å². The van der Waals surface area contributed by atoms with Gasteiger partial charge >= 0.3 is 0 Å². The van der Waals surface area contributed by atoms with E-state index in [9.17, 15) is 9.59 Å². The molecule has 2 amide bonds. The summed E-state index contributed by atoms with van der Waals surface area (Å²) >= 11 is 0. The summed E-state index contributed by atoms with van der Waals surface area (Å²) in [7, 11) is 4.75. The molecule has 1 N–H and O–H groups in total. The van der Waals surface area contributed by atoms with Crippen molar-refractivity contribution in [1.29, 1.82) is 0 Å². The predicted molar refractivity (Wildman–Crippen MR) is 159 cm³/mol. The summed E-state index contributed by atoms with van der Waals surface area (Å²) in [4.78, 5) is 33.2. The van der Waals surface area contributed by atoms with E-state index in [0.717, 1.165) is 43.3 Å².